The van der Waals surface area contributed by atoms with Crippen LogP contribution in [0.3, 0.4) is 0 Å². The molecule has 3 rings (SSSR count). The topological polar surface area (TPSA) is 140 Å². The molecule has 0 aliphatic carbocycles. The van der Waals surface area contributed by atoms with Crippen molar-refractivity contribution in [3.63, 3.8) is 0 Å². The molecule has 0 spiro atoms. The summed E-state index contributed by atoms with van der Waals surface area (Å²) in [5.41, 5.74) is 1.03. The normalized spacial score (nSPS) is 11.9. The van der Waals surface area contributed by atoms with Gasteiger partial charge < -0.3 is 19.1 Å². The van der Waals surface area contributed by atoms with Gasteiger partial charge in [0.1, 0.15) is 34.2 Å². The van der Waals surface area contributed by atoms with Crippen LogP contribution < -0.4 is 10.6 Å². The van der Waals surface area contributed by atoms with E-state index in [-0.39, 0.29) is 18.2 Å². The quantitative estimate of drug-likeness (QED) is 0.481. The zero-order valence-electron chi connectivity index (χ0n) is 21.1. The highest BCUT2D eigenvalue weighted by atomic mass is 16.6. The maximum Gasteiger partial charge on any atom is 0.413 e. The van der Waals surface area contributed by atoms with Crippen molar-refractivity contribution in [1.29, 1.82) is 0 Å². The van der Waals surface area contributed by atoms with Gasteiger partial charge in [-0.1, -0.05) is 0 Å². The highest BCUT2D eigenvalue weighted by Gasteiger charge is 2.20. The maximum absolute atomic E-state index is 12.4. The third kappa shape index (κ3) is 7.12. The molecule has 3 heterocycles. The Balaban J connectivity index is 2.02. The summed E-state index contributed by atoms with van der Waals surface area (Å²) in [5.74, 6) is 1.04. The van der Waals surface area contributed by atoms with Crippen molar-refractivity contribution in [2.45, 2.75) is 66.2 Å². The number of aryl methyl sites for hydroxylation is 1. The van der Waals surface area contributed by atoms with Crippen molar-refractivity contribution >= 4 is 35.0 Å². The number of pyridine rings is 2. The summed E-state index contributed by atoms with van der Waals surface area (Å²) in [6.45, 7) is 12.7. The lowest BCUT2D eigenvalue weighted by Crippen LogP contribution is -2.28. The fraction of sp³-hybridized carbons (Fsp3) is 0.458. The van der Waals surface area contributed by atoms with Crippen LogP contribution in [0.2, 0.25) is 0 Å². The molecule has 3 aromatic rings. The van der Waals surface area contributed by atoms with Crippen molar-refractivity contribution in [3.05, 3.63) is 30.1 Å². The number of hydrogen-bond donors (Lipinski definition) is 3. The lowest BCUT2D eigenvalue weighted by atomic mass is 10.1. The summed E-state index contributed by atoms with van der Waals surface area (Å²) in [4.78, 5) is 38.2. The lowest BCUT2D eigenvalue weighted by molar-refractivity contribution is 0.0625. The van der Waals surface area contributed by atoms with Crippen molar-refractivity contribution in [1.82, 2.24) is 19.5 Å². The molecule has 0 bridgehead atoms. The molecule has 0 aromatic carbocycles. The van der Waals surface area contributed by atoms with Crippen LogP contribution in [0.1, 0.15) is 47.4 Å². The van der Waals surface area contributed by atoms with Gasteiger partial charge in [-0.2, -0.15) is 0 Å². The molecule has 0 saturated carbocycles. The van der Waals surface area contributed by atoms with Gasteiger partial charge in [-0.3, -0.25) is 10.6 Å². The van der Waals surface area contributed by atoms with E-state index in [9.17, 15) is 14.7 Å². The number of nitrogens with one attached hydrogen (secondary N) is 2. The number of amides is 2. The van der Waals surface area contributed by atoms with Gasteiger partial charge in [0.2, 0.25) is 0 Å². The van der Waals surface area contributed by atoms with Crippen LogP contribution >= 0.6 is 0 Å². The molecule has 0 atom stereocenters. The van der Waals surface area contributed by atoms with E-state index in [0.717, 1.165) is 5.82 Å². The first-order valence-electron chi connectivity index (χ1n) is 11.2. The van der Waals surface area contributed by atoms with Crippen LogP contribution in [0.25, 0.3) is 22.4 Å². The Hall–Kier alpha value is -3.73. The van der Waals surface area contributed by atoms with E-state index in [4.69, 9.17) is 14.5 Å². The number of aliphatic hydroxyl groups excluding tert-OH is 1. The summed E-state index contributed by atoms with van der Waals surface area (Å²) < 4.78 is 12.5. The molecule has 35 heavy (non-hydrogen) atoms. The van der Waals surface area contributed by atoms with Crippen molar-refractivity contribution < 1.29 is 24.2 Å². The SMILES string of the molecule is Cc1nc2ccc(-c3cc(NC(=O)OC(C)(C)C)nc(NC(=O)OC(C)(C)C)c3)nc2n1CCO. The Morgan fingerprint density at radius 2 is 1.46 bits per heavy atom. The molecular weight excluding hydrogens is 452 g/mol. The molecule has 0 aliphatic rings. The number of carbonyl (C=O) groups excluding carboxylic acids is 2. The molecule has 0 fully saturated rings. The molecule has 11 nitrogen and oxygen atoms in total. The predicted octanol–water partition coefficient (Wildman–Crippen LogP) is 4.49. The van der Waals surface area contributed by atoms with Crippen LogP contribution in [0.15, 0.2) is 24.3 Å². The van der Waals surface area contributed by atoms with Crippen molar-refractivity contribution in [3.8, 4) is 11.3 Å². The summed E-state index contributed by atoms with van der Waals surface area (Å²) in [5, 5.41) is 14.6. The molecule has 3 N–H and O–H groups in total. The minimum Gasteiger partial charge on any atom is -0.444 e. The molecule has 11 heteroatoms. The number of nitrogens with zero attached hydrogens (tertiary/aromatic N) is 4. The average molecular weight is 485 g/mol. The third-order valence-corrected chi connectivity index (χ3v) is 4.49. The standard InChI is InChI=1S/C24H32N6O5/c1-14-25-17-9-8-16(26-20(17)30(14)10-11-31)15-12-18(28-21(32)34-23(2,3)4)27-19(13-15)29-22(33)35-24(5,6)7/h8-9,12-13,31H,10-11H2,1-7H3,(H2,27,28,29,32,33). The molecule has 0 saturated heterocycles. The second-order valence-electron chi connectivity index (χ2n) is 9.95. The van der Waals surface area contributed by atoms with E-state index in [1.807, 2.05) is 17.6 Å². The third-order valence-electron chi connectivity index (χ3n) is 4.49. The Kier molecular flexibility index (Phi) is 7.30. The van der Waals surface area contributed by atoms with Gasteiger partial charge in [-0.05, 0) is 72.7 Å². The first-order chi connectivity index (χ1) is 16.2. The highest BCUT2D eigenvalue weighted by Crippen LogP contribution is 2.27. The number of aliphatic hydroxyl groups is 1. The smallest absolute Gasteiger partial charge is 0.413 e. The first-order valence-corrected chi connectivity index (χ1v) is 11.2. The summed E-state index contributed by atoms with van der Waals surface area (Å²) >= 11 is 0. The Labute approximate surface area is 203 Å². The lowest BCUT2D eigenvalue weighted by Gasteiger charge is -2.20. The summed E-state index contributed by atoms with van der Waals surface area (Å²) in [7, 11) is 0. The highest BCUT2D eigenvalue weighted by molar-refractivity contribution is 5.88. The largest absolute Gasteiger partial charge is 0.444 e. The number of ether oxygens (including phenoxy) is 2. The molecule has 188 valence electrons. The fourth-order valence-electron chi connectivity index (χ4n) is 3.27. The molecule has 0 aliphatic heterocycles. The Morgan fingerprint density at radius 3 is 1.94 bits per heavy atom. The van der Waals surface area contributed by atoms with Gasteiger partial charge in [0.15, 0.2) is 5.65 Å². The number of anilines is 2. The van der Waals surface area contributed by atoms with E-state index < -0.39 is 23.4 Å². The number of fused-ring (bicyclic) bond motifs is 1. The summed E-state index contributed by atoms with van der Waals surface area (Å²) in [6, 6.07) is 6.85. The minimum atomic E-state index is -0.700. The van der Waals surface area contributed by atoms with Gasteiger partial charge in [0.05, 0.1) is 12.3 Å². The van der Waals surface area contributed by atoms with Crippen LogP contribution in [0, 0.1) is 6.92 Å². The van der Waals surface area contributed by atoms with E-state index in [0.29, 0.717) is 29.0 Å². The number of rotatable bonds is 5. The Bertz CT molecular complexity index is 1190. The van der Waals surface area contributed by atoms with E-state index in [1.54, 1.807) is 59.7 Å². The second-order valence-corrected chi connectivity index (χ2v) is 9.95. The summed E-state index contributed by atoms with van der Waals surface area (Å²) in [6.07, 6.45) is -1.38. The number of carbonyl (C=O) groups is 2. The number of hydrogen-bond acceptors (Lipinski definition) is 8. The van der Waals surface area contributed by atoms with Gasteiger partial charge >= 0.3 is 12.2 Å². The van der Waals surface area contributed by atoms with Crippen LogP contribution in [0.4, 0.5) is 21.2 Å². The Morgan fingerprint density at radius 1 is 0.914 bits per heavy atom. The van der Waals surface area contributed by atoms with Crippen LogP contribution in [-0.4, -0.2) is 54.6 Å². The average Bonchev–Trinajstić information content (AvgIpc) is 2.99. The van der Waals surface area contributed by atoms with Gasteiger partial charge in [0.25, 0.3) is 0 Å². The van der Waals surface area contributed by atoms with E-state index in [2.05, 4.69) is 20.6 Å². The molecule has 0 unspecified atom stereocenters. The molecule has 2 amide bonds. The molecular formula is C24H32N6O5. The monoisotopic (exact) mass is 484 g/mol. The van der Waals surface area contributed by atoms with Crippen molar-refractivity contribution in [2.75, 3.05) is 17.2 Å². The van der Waals surface area contributed by atoms with Crippen LogP contribution in [0.5, 0.6) is 0 Å². The van der Waals surface area contributed by atoms with Gasteiger partial charge in [-0.25, -0.2) is 24.5 Å². The van der Waals surface area contributed by atoms with Gasteiger partial charge in [0, 0.05) is 12.1 Å². The maximum atomic E-state index is 12.4. The molecule has 3 aromatic heterocycles. The zero-order valence-corrected chi connectivity index (χ0v) is 21.1. The minimum absolute atomic E-state index is 0.0542. The zero-order chi connectivity index (χ0) is 26.0. The van der Waals surface area contributed by atoms with Crippen molar-refractivity contribution in [2.24, 2.45) is 0 Å². The van der Waals surface area contributed by atoms with Crippen LogP contribution in [-0.2, 0) is 16.0 Å². The van der Waals surface area contributed by atoms with Gasteiger partial charge in [-0.15, -0.1) is 0 Å². The number of aromatic nitrogens is 4. The second kappa shape index (κ2) is 9.87. The molecule has 0 radical (unpaired) electrons. The van der Waals surface area contributed by atoms with E-state index in [1.165, 1.54) is 0 Å². The fourth-order valence-corrected chi connectivity index (χ4v) is 3.27. The predicted molar refractivity (Wildman–Crippen MR) is 132 cm³/mol. The van der Waals surface area contributed by atoms with E-state index >= 15 is 0 Å². The number of imidazole rings is 1. The first kappa shape index (κ1) is 25.9.